The van der Waals surface area contributed by atoms with Crippen LogP contribution in [0.3, 0.4) is 0 Å². The number of rotatable bonds is 5. The van der Waals surface area contributed by atoms with Crippen LogP contribution in [0.4, 0.5) is 0 Å². The second-order valence-electron chi connectivity index (χ2n) is 12.6. The Kier molecular flexibility index (Phi) is 6.96. The quantitative estimate of drug-likeness (QED) is 0.171. The molecule has 0 amide bonds. The fraction of sp³-hybridized carbons (Fsp3) is 0. The topological polar surface area (TPSA) is 51.6 Å². The number of fused-ring (bicyclic) bond motifs is 6. The fourth-order valence-electron chi connectivity index (χ4n) is 7.00. The number of benzene rings is 7. The zero-order valence-corrected chi connectivity index (χ0v) is 28.2. The van der Waals surface area contributed by atoms with Crippen LogP contribution in [0.1, 0.15) is 0 Å². The van der Waals surface area contributed by atoms with Crippen LogP contribution in [0.2, 0.25) is 0 Å². The third kappa shape index (κ3) is 5.14. The van der Waals surface area contributed by atoms with Crippen LogP contribution in [0.5, 0.6) is 0 Å². The highest BCUT2D eigenvalue weighted by Gasteiger charge is 2.18. The van der Waals surface area contributed by atoms with Crippen LogP contribution < -0.4 is 0 Å². The van der Waals surface area contributed by atoms with E-state index in [1.807, 2.05) is 24.3 Å². The van der Waals surface area contributed by atoms with Gasteiger partial charge in [-0.25, -0.2) is 19.9 Å². The second kappa shape index (κ2) is 12.1. The molecule has 0 saturated heterocycles. The Labute approximate surface area is 298 Å². The van der Waals surface area contributed by atoms with Crippen molar-refractivity contribution in [3.05, 3.63) is 170 Å². The van der Waals surface area contributed by atoms with E-state index in [1.54, 1.807) is 11.3 Å². The Bertz CT molecular complexity index is 2920. The number of nitrogens with zero attached hydrogens (tertiary/aromatic N) is 4. The van der Waals surface area contributed by atoms with Gasteiger partial charge in [-0.3, -0.25) is 0 Å². The molecule has 3 aromatic heterocycles. The average molecular weight is 669 g/mol. The van der Waals surface area contributed by atoms with Gasteiger partial charge in [0.1, 0.15) is 0 Å². The van der Waals surface area contributed by atoms with E-state index in [1.165, 1.54) is 4.70 Å². The van der Waals surface area contributed by atoms with Gasteiger partial charge in [0.25, 0.3) is 0 Å². The number of thiophene rings is 1. The Morgan fingerprint density at radius 3 is 1.71 bits per heavy atom. The molecule has 0 N–H and O–H groups in total. The molecule has 5 heteroatoms. The van der Waals surface area contributed by atoms with Gasteiger partial charge in [-0.15, -0.1) is 11.3 Å². The summed E-state index contributed by atoms with van der Waals surface area (Å²) < 4.78 is 2.32. The van der Waals surface area contributed by atoms with Crippen molar-refractivity contribution in [3.63, 3.8) is 0 Å². The van der Waals surface area contributed by atoms with Crippen LogP contribution >= 0.6 is 11.3 Å². The Hall–Kier alpha value is -6.56. The van der Waals surface area contributed by atoms with Gasteiger partial charge < -0.3 is 0 Å². The summed E-state index contributed by atoms with van der Waals surface area (Å²) in [5.41, 5.74) is 10.1. The molecule has 7 aromatic carbocycles. The van der Waals surface area contributed by atoms with Gasteiger partial charge in [-0.05, 0) is 40.8 Å². The van der Waals surface area contributed by atoms with Crippen LogP contribution in [0, 0.1) is 0 Å². The normalized spacial score (nSPS) is 11.5. The van der Waals surface area contributed by atoms with E-state index >= 15 is 0 Å². The summed E-state index contributed by atoms with van der Waals surface area (Å²) in [5.74, 6) is 1.42. The van der Waals surface area contributed by atoms with Gasteiger partial charge in [-0.1, -0.05) is 146 Å². The first-order valence-corrected chi connectivity index (χ1v) is 17.8. The second-order valence-corrected chi connectivity index (χ2v) is 13.7. The third-order valence-electron chi connectivity index (χ3n) is 9.48. The average Bonchev–Trinajstić information content (AvgIpc) is 3.59. The first-order valence-electron chi connectivity index (χ1n) is 17.0. The van der Waals surface area contributed by atoms with Gasteiger partial charge in [0, 0.05) is 43.1 Å². The zero-order chi connectivity index (χ0) is 33.7. The first-order chi connectivity index (χ1) is 25.3. The highest BCUT2D eigenvalue weighted by molar-refractivity contribution is 7.26. The molecule has 0 aliphatic heterocycles. The van der Waals surface area contributed by atoms with Gasteiger partial charge in [0.05, 0.1) is 27.1 Å². The van der Waals surface area contributed by atoms with Crippen LogP contribution in [-0.4, -0.2) is 19.9 Å². The van der Waals surface area contributed by atoms with Crippen molar-refractivity contribution < 1.29 is 0 Å². The lowest BCUT2D eigenvalue weighted by atomic mass is 9.97. The molecule has 0 spiro atoms. The summed E-state index contributed by atoms with van der Waals surface area (Å²) in [4.78, 5) is 20.7. The molecule has 0 aliphatic rings. The summed E-state index contributed by atoms with van der Waals surface area (Å²) in [6, 6.07) is 59.1. The van der Waals surface area contributed by atoms with E-state index < -0.39 is 0 Å². The highest BCUT2D eigenvalue weighted by atomic mass is 32.1. The maximum absolute atomic E-state index is 5.22. The van der Waals surface area contributed by atoms with Gasteiger partial charge in [-0.2, -0.15) is 0 Å². The van der Waals surface area contributed by atoms with Crippen molar-refractivity contribution in [1.29, 1.82) is 0 Å². The maximum Gasteiger partial charge on any atom is 0.160 e. The zero-order valence-electron chi connectivity index (χ0n) is 27.4. The summed E-state index contributed by atoms with van der Waals surface area (Å²) in [6.45, 7) is 0. The molecule has 4 nitrogen and oxygen atoms in total. The summed E-state index contributed by atoms with van der Waals surface area (Å²) >= 11 is 1.75. The molecular formula is C46H28N4S. The monoisotopic (exact) mass is 668 g/mol. The summed E-state index contributed by atoms with van der Waals surface area (Å²) in [6.07, 6.45) is 0. The minimum atomic E-state index is 0.712. The molecule has 238 valence electrons. The molecule has 0 radical (unpaired) electrons. The molecule has 3 heterocycles. The molecular weight excluding hydrogens is 641 g/mol. The van der Waals surface area contributed by atoms with Crippen molar-refractivity contribution in [2.24, 2.45) is 0 Å². The summed E-state index contributed by atoms with van der Waals surface area (Å²) in [5, 5.41) is 4.45. The Balaban J connectivity index is 1.13. The molecule has 51 heavy (non-hydrogen) atoms. The molecule has 0 bridgehead atoms. The van der Waals surface area contributed by atoms with E-state index in [-0.39, 0.29) is 0 Å². The van der Waals surface area contributed by atoms with E-state index in [4.69, 9.17) is 19.9 Å². The Morgan fingerprint density at radius 1 is 0.333 bits per heavy atom. The lowest BCUT2D eigenvalue weighted by Gasteiger charge is -2.13. The number of aromatic nitrogens is 4. The molecule has 0 fully saturated rings. The molecule has 0 unspecified atom stereocenters. The smallest absolute Gasteiger partial charge is 0.160 e. The van der Waals surface area contributed by atoms with Gasteiger partial charge in [0.15, 0.2) is 11.6 Å². The van der Waals surface area contributed by atoms with Crippen molar-refractivity contribution >= 4 is 53.3 Å². The van der Waals surface area contributed by atoms with Crippen LogP contribution in [0.25, 0.3) is 98.4 Å². The predicted octanol–water partition coefficient (Wildman–Crippen LogP) is 12.3. The van der Waals surface area contributed by atoms with Crippen molar-refractivity contribution in [2.45, 2.75) is 0 Å². The molecule has 0 aliphatic carbocycles. The van der Waals surface area contributed by atoms with Crippen molar-refractivity contribution in [2.75, 3.05) is 0 Å². The fourth-order valence-corrected chi connectivity index (χ4v) is 8.15. The minimum absolute atomic E-state index is 0.712. The van der Waals surface area contributed by atoms with E-state index in [2.05, 4.69) is 146 Å². The van der Waals surface area contributed by atoms with Crippen LogP contribution in [-0.2, 0) is 0 Å². The largest absolute Gasteiger partial charge is 0.227 e. The SMILES string of the molecule is c1ccc(-c2nc(-c3cccc(-c4cccc(-c5nc(-c6ccccc6)c6sc7ccccc7c6n5)c4)c3)c3ccc4ccccc4c3n2)cc1. The molecule has 10 rings (SSSR count). The van der Waals surface area contributed by atoms with E-state index in [9.17, 15) is 0 Å². The number of hydrogen-bond acceptors (Lipinski definition) is 5. The van der Waals surface area contributed by atoms with Crippen molar-refractivity contribution in [3.8, 4) is 56.4 Å². The third-order valence-corrected chi connectivity index (χ3v) is 10.6. The highest BCUT2D eigenvalue weighted by Crippen LogP contribution is 2.40. The summed E-state index contributed by atoms with van der Waals surface area (Å²) in [7, 11) is 0. The van der Waals surface area contributed by atoms with Gasteiger partial charge >= 0.3 is 0 Å². The lowest BCUT2D eigenvalue weighted by molar-refractivity contribution is 1.23. The minimum Gasteiger partial charge on any atom is -0.227 e. The van der Waals surface area contributed by atoms with Gasteiger partial charge in [0.2, 0.25) is 0 Å². The first kappa shape index (κ1) is 29.4. The predicted molar refractivity (Wildman–Crippen MR) is 213 cm³/mol. The maximum atomic E-state index is 5.22. The molecule has 0 saturated carbocycles. The molecule has 10 aromatic rings. The lowest BCUT2D eigenvalue weighted by Crippen LogP contribution is -1.96. The standard InChI is InChI=1S/C46H28N4S/c1-3-14-30(15-4-1)41-44-43(37-23-9-10-24-39(37)51-44)50-46(48-41)35-21-12-19-33(28-35)32-18-11-20-34(27-32)40-38-26-25-29-13-7-8-22-36(29)42(38)49-45(47-40)31-16-5-2-6-17-31/h1-28H. The van der Waals surface area contributed by atoms with Crippen molar-refractivity contribution in [1.82, 2.24) is 19.9 Å². The van der Waals surface area contributed by atoms with E-state index in [0.29, 0.717) is 11.6 Å². The van der Waals surface area contributed by atoms with E-state index in [0.717, 1.165) is 82.0 Å². The Morgan fingerprint density at radius 2 is 0.902 bits per heavy atom. The van der Waals surface area contributed by atoms with Crippen LogP contribution in [0.15, 0.2) is 170 Å². The molecule has 0 atom stereocenters. The number of hydrogen-bond donors (Lipinski definition) is 0.